The van der Waals surface area contributed by atoms with Gasteiger partial charge in [-0.2, -0.15) is 0 Å². The van der Waals surface area contributed by atoms with Crippen LogP contribution in [0.15, 0.2) is 23.6 Å². The number of nitrogens with two attached hydrogens (primary N) is 1. The first kappa shape index (κ1) is 26.6. The molecule has 2 fully saturated rings. The molecule has 2 aliphatic rings. The summed E-state index contributed by atoms with van der Waals surface area (Å²) in [5.74, 6) is -2.40. The van der Waals surface area contributed by atoms with Crippen LogP contribution < -0.4 is 10.6 Å². The first-order valence-electron chi connectivity index (χ1n) is 11.9. The van der Waals surface area contributed by atoms with Gasteiger partial charge in [-0.05, 0) is 47.4 Å². The summed E-state index contributed by atoms with van der Waals surface area (Å²) in [6, 6.07) is 3.80. The molecular formula is C25H28Cl2N3O5S+. The average molecular weight is 553 g/mol. The number of fused-ring (bicyclic) bond motifs is 1. The van der Waals surface area contributed by atoms with E-state index in [1.807, 2.05) is 17.5 Å². The van der Waals surface area contributed by atoms with Gasteiger partial charge in [0.2, 0.25) is 11.8 Å². The lowest BCUT2D eigenvalue weighted by Crippen LogP contribution is -2.95. The molecule has 1 saturated heterocycles. The zero-order valence-electron chi connectivity index (χ0n) is 19.5. The topological polar surface area (TPSA) is 120 Å². The van der Waals surface area contributed by atoms with E-state index >= 15 is 0 Å². The molecule has 36 heavy (non-hydrogen) atoms. The van der Waals surface area contributed by atoms with Gasteiger partial charge >= 0.3 is 11.9 Å². The van der Waals surface area contributed by atoms with E-state index in [-0.39, 0.29) is 42.6 Å². The molecule has 1 aliphatic carbocycles. The normalized spacial score (nSPS) is 17.4. The molecule has 0 radical (unpaired) electrons. The Morgan fingerprint density at radius 1 is 1.17 bits per heavy atom. The molecule has 1 aromatic carbocycles. The van der Waals surface area contributed by atoms with E-state index in [1.165, 1.54) is 17.4 Å². The van der Waals surface area contributed by atoms with Crippen LogP contribution in [0, 0.1) is 11.8 Å². The summed E-state index contributed by atoms with van der Waals surface area (Å²) < 4.78 is 0.911. The van der Waals surface area contributed by atoms with E-state index < -0.39 is 11.9 Å². The summed E-state index contributed by atoms with van der Waals surface area (Å²) >= 11 is 14.3. The number of hydrogen-bond acceptors (Lipinski definition) is 5. The van der Waals surface area contributed by atoms with Crippen LogP contribution >= 0.6 is 34.5 Å². The first-order chi connectivity index (χ1) is 17.2. The van der Waals surface area contributed by atoms with Crippen LogP contribution in [0.1, 0.15) is 37.7 Å². The van der Waals surface area contributed by atoms with Gasteiger partial charge in [0.1, 0.15) is 5.92 Å². The minimum atomic E-state index is -1.07. The maximum absolute atomic E-state index is 12.8. The first-order valence-corrected chi connectivity index (χ1v) is 13.6. The molecule has 11 heteroatoms. The van der Waals surface area contributed by atoms with Gasteiger partial charge in [-0.25, -0.2) is 4.79 Å². The summed E-state index contributed by atoms with van der Waals surface area (Å²) in [7, 11) is 0. The van der Waals surface area contributed by atoms with Crippen molar-refractivity contribution in [1.29, 1.82) is 0 Å². The van der Waals surface area contributed by atoms with Crippen molar-refractivity contribution in [2.24, 2.45) is 11.8 Å². The molecule has 8 nitrogen and oxygen atoms in total. The molecule has 4 rings (SSSR count). The fourth-order valence-electron chi connectivity index (χ4n) is 4.31. The summed E-state index contributed by atoms with van der Waals surface area (Å²) in [6.45, 7) is 0.998. The predicted octanol–water partition coefficient (Wildman–Crippen LogP) is 2.92. The van der Waals surface area contributed by atoms with Crippen molar-refractivity contribution >= 4 is 74.4 Å². The third kappa shape index (κ3) is 6.64. The van der Waals surface area contributed by atoms with E-state index in [0.29, 0.717) is 41.5 Å². The van der Waals surface area contributed by atoms with Crippen LogP contribution in [0.5, 0.6) is 0 Å². The van der Waals surface area contributed by atoms with Crippen LogP contribution in [0.3, 0.4) is 0 Å². The molecule has 1 aliphatic heterocycles. The summed E-state index contributed by atoms with van der Waals surface area (Å²) in [6.07, 6.45) is 5.71. The van der Waals surface area contributed by atoms with Crippen LogP contribution in [-0.4, -0.2) is 59.4 Å². The number of quaternary nitrogens is 1. The maximum atomic E-state index is 12.8. The van der Waals surface area contributed by atoms with Gasteiger partial charge in [-0.15, -0.1) is 11.3 Å². The third-order valence-electron chi connectivity index (χ3n) is 6.60. The largest absolute Gasteiger partial charge is 0.481 e. The van der Waals surface area contributed by atoms with Crippen LogP contribution in [0.4, 0.5) is 0 Å². The molecule has 2 aromatic rings. The highest BCUT2D eigenvalue weighted by Crippen LogP contribution is 2.37. The fourth-order valence-corrected chi connectivity index (χ4v) is 5.75. The molecule has 3 amide bonds. The molecule has 0 spiro atoms. The van der Waals surface area contributed by atoms with Crippen molar-refractivity contribution in [3.63, 3.8) is 0 Å². The molecule has 1 unspecified atom stereocenters. The Labute approximate surface area is 222 Å². The Morgan fingerprint density at radius 2 is 1.89 bits per heavy atom. The van der Waals surface area contributed by atoms with Crippen LogP contribution in [0.25, 0.3) is 16.2 Å². The van der Waals surface area contributed by atoms with Gasteiger partial charge in [0.25, 0.3) is 0 Å². The second kappa shape index (κ2) is 11.7. The number of halogens is 2. The van der Waals surface area contributed by atoms with Gasteiger partial charge in [0.15, 0.2) is 0 Å². The molecule has 2 heterocycles. The zero-order chi connectivity index (χ0) is 25.8. The smallest absolute Gasteiger partial charge is 0.316 e. The number of benzene rings is 1. The number of primary amides is 1. The van der Waals surface area contributed by atoms with E-state index in [4.69, 9.17) is 23.2 Å². The highest BCUT2D eigenvalue weighted by molar-refractivity contribution is 7.18. The zero-order valence-corrected chi connectivity index (χ0v) is 21.9. The highest BCUT2D eigenvalue weighted by atomic mass is 35.5. The van der Waals surface area contributed by atoms with Gasteiger partial charge < -0.3 is 15.3 Å². The Hall–Kier alpha value is -2.46. The monoisotopic (exact) mass is 552 g/mol. The van der Waals surface area contributed by atoms with Crippen molar-refractivity contribution < 1.29 is 29.6 Å². The number of carbonyl (C=O) groups excluding carboxylic acids is 3. The summed E-state index contributed by atoms with van der Waals surface area (Å²) in [5.41, 5.74) is 0.674. The molecule has 0 bridgehead atoms. The molecule has 192 valence electrons. The average Bonchev–Trinajstić information content (AvgIpc) is 3.60. The quantitative estimate of drug-likeness (QED) is 0.413. The Balaban J connectivity index is 1.28. The van der Waals surface area contributed by atoms with Crippen molar-refractivity contribution in [2.75, 3.05) is 19.6 Å². The molecule has 4 N–H and O–H groups in total. The van der Waals surface area contributed by atoms with Crippen LogP contribution in [0.2, 0.25) is 10.0 Å². The number of rotatable bonds is 9. The molecule has 1 saturated carbocycles. The Kier molecular flexibility index (Phi) is 8.66. The number of amides is 3. The van der Waals surface area contributed by atoms with Crippen LogP contribution in [-0.2, 0) is 19.2 Å². The Morgan fingerprint density at radius 3 is 2.56 bits per heavy atom. The molecule has 1 atom stereocenters. The van der Waals surface area contributed by atoms with Crippen molar-refractivity contribution in [1.82, 2.24) is 10.2 Å². The highest BCUT2D eigenvalue weighted by Gasteiger charge is 2.34. The lowest BCUT2D eigenvalue weighted by molar-refractivity contribution is -0.611. The number of nitrogens with one attached hydrogen (secondary N) is 1. The number of nitrogens with zero attached hydrogens (tertiary/aromatic N) is 1. The van der Waals surface area contributed by atoms with E-state index in [0.717, 1.165) is 22.9 Å². The number of hydrogen-bond donors (Lipinski definition) is 3. The SMILES string of the molecule is O=C(O)CC(CNC(=O)C1CC1)C(=O)[NH2+]C1CCN(C(=O)/C=C/c2cc3ccsc3c(Cl)c2Cl)CC1. The maximum Gasteiger partial charge on any atom is 0.316 e. The van der Waals surface area contributed by atoms with Gasteiger partial charge in [0.05, 0.1) is 27.2 Å². The molecular weight excluding hydrogens is 525 g/mol. The van der Waals surface area contributed by atoms with Gasteiger partial charge in [-0.1, -0.05) is 23.2 Å². The standard InChI is InChI=1S/C25H27Cl2N3O5S/c26-21-15(11-16-7-10-36-23(16)22(21)27)3-4-19(31)30-8-5-18(6-9-30)29-25(35)17(12-20(32)33)13-28-24(34)14-1-2-14/h3-4,7,10-11,14,17-18H,1-2,5-6,8-9,12-13H2,(H,28,34)(H,29,35)(H,32,33)/p+1/b4-3+. The Bertz CT molecular complexity index is 1200. The fraction of sp³-hybridized carbons (Fsp3) is 0.440. The number of carboxylic acid groups (broad SMARTS) is 1. The lowest BCUT2D eigenvalue weighted by atomic mass is 10.0. The number of likely N-dealkylation sites (tertiary alicyclic amines) is 1. The second-order valence-electron chi connectivity index (χ2n) is 9.31. The lowest BCUT2D eigenvalue weighted by Gasteiger charge is -2.30. The number of carbonyl (C=O) groups is 4. The van der Waals surface area contributed by atoms with Crippen molar-refractivity contribution in [2.45, 2.75) is 38.1 Å². The van der Waals surface area contributed by atoms with E-state index in [2.05, 4.69) is 5.32 Å². The summed E-state index contributed by atoms with van der Waals surface area (Å²) in [4.78, 5) is 50.3. The van der Waals surface area contributed by atoms with Crippen molar-refractivity contribution in [3.8, 4) is 0 Å². The number of thiophene rings is 1. The van der Waals surface area contributed by atoms with Crippen molar-refractivity contribution in [3.05, 3.63) is 39.2 Å². The predicted molar refractivity (Wildman–Crippen MR) is 139 cm³/mol. The van der Waals surface area contributed by atoms with E-state index in [1.54, 1.807) is 16.3 Å². The minimum absolute atomic E-state index is 0.00276. The number of piperidine rings is 1. The second-order valence-corrected chi connectivity index (χ2v) is 11.0. The van der Waals surface area contributed by atoms with E-state index in [9.17, 15) is 24.3 Å². The van der Waals surface area contributed by atoms with Gasteiger partial charge in [-0.3, -0.25) is 19.7 Å². The molecule has 1 aromatic heterocycles. The van der Waals surface area contributed by atoms with Gasteiger partial charge in [0, 0.05) is 44.5 Å². The summed E-state index contributed by atoms with van der Waals surface area (Å²) in [5, 5.41) is 17.3. The number of carboxylic acids is 1. The number of aliphatic carboxylic acids is 1. The minimum Gasteiger partial charge on any atom is -0.481 e. The third-order valence-corrected chi connectivity index (χ3v) is 8.54.